The fourth-order valence-corrected chi connectivity index (χ4v) is 2.46. The molecule has 1 aromatic carbocycles. The van der Waals surface area contributed by atoms with Gasteiger partial charge in [-0.2, -0.15) is 0 Å². The molecule has 0 aromatic heterocycles. The summed E-state index contributed by atoms with van der Waals surface area (Å²) < 4.78 is 12.1. The van der Waals surface area contributed by atoms with Gasteiger partial charge in [-0.05, 0) is 43.7 Å². The van der Waals surface area contributed by atoms with E-state index in [0.29, 0.717) is 19.5 Å². The summed E-state index contributed by atoms with van der Waals surface area (Å²) in [7, 11) is 0. The van der Waals surface area contributed by atoms with Crippen molar-refractivity contribution in [3.63, 3.8) is 0 Å². The summed E-state index contributed by atoms with van der Waals surface area (Å²) >= 11 is 1.74. The molecular formula is C15H25FIN3S. The van der Waals surface area contributed by atoms with E-state index in [2.05, 4.69) is 47.0 Å². The van der Waals surface area contributed by atoms with E-state index >= 15 is 0 Å². The molecule has 1 aromatic rings. The van der Waals surface area contributed by atoms with Crippen LogP contribution in [0.25, 0.3) is 0 Å². The van der Waals surface area contributed by atoms with Gasteiger partial charge in [0.2, 0.25) is 0 Å². The zero-order valence-corrected chi connectivity index (χ0v) is 16.1. The first-order valence-corrected chi connectivity index (χ1v) is 8.15. The number of nitrogens with zero attached hydrogens (tertiary/aromatic N) is 1. The van der Waals surface area contributed by atoms with Crippen LogP contribution in [0, 0.1) is 6.92 Å². The average molecular weight is 425 g/mol. The largest absolute Gasteiger partial charge is 0.357 e. The van der Waals surface area contributed by atoms with Crippen LogP contribution in [0.15, 0.2) is 28.1 Å². The van der Waals surface area contributed by atoms with Gasteiger partial charge >= 0.3 is 0 Å². The lowest BCUT2D eigenvalue weighted by molar-refractivity contribution is 0.470. The maximum Gasteiger partial charge on any atom is 0.191 e. The van der Waals surface area contributed by atoms with Gasteiger partial charge < -0.3 is 10.6 Å². The van der Waals surface area contributed by atoms with Crippen LogP contribution in [-0.2, 0) is 6.54 Å². The molecule has 0 bridgehead atoms. The van der Waals surface area contributed by atoms with Gasteiger partial charge in [0.15, 0.2) is 5.96 Å². The first-order valence-electron chi connectivity index (χ1n) is 6.93. The van der Waals surface area contributed by atoms with Crippen LogP contribution in [0.4, 0.5) is 4.39 Å². The second-order valence-electron chi connectivity index (χ2n) is 4.48. The molecule has 0 heterocycles. The Balaban J connectivity index is 0.00000400. The van der Waals surface area contributed by atoms with Crippen molar-refractivity contribution in [2.45, 2.75) is 31.7 Å². The molecule has 0 unspecified atom stereocenters. The third-order valence-electron chi connectivity index (χ3n) is 2.80. The van der Waals surface area contributed by atoms with E-state index in [9.17, 15) is 4.39 Å². The number of aliphatic imine (C=N–C) groups is 1. The fraction of sp³-hybridized carbons (Fsp3) is 0.533. The van der Waals surface area contributed by atoms with E-state index in [4.69, 9.17) is 0 Å². The Kier molecular flexibility index (Phi) is 11.8. The van der Waals surface area contributed by atoms with Crippen molar-refractivity contribution < 1.29 is 4.39 Å². The highest BCUT2D eigenvalue weighted by molar-refractivity contribution is 14.0. The van der Waals surface area contributed by atoms with Crippen molar-refractivity contribution in [3.05, 3.63) is 29.3 Å². The topological polar surface area (TPSA) is 36.4 Å². The van der Waals surface area contributed by atoms with Crippen molar-refractivity contribution in [2.75, 3.05) is 26.0 Å². The Morgan fingerprint density at radius 3 is 2.71 bits per heavy atom. The van der Waals surface area contributed by atoms with Gasteiger partial charge in [0.05, 0.1) is 13.2 Å². The number of hydrogen-bond acceptors (Lipinski definition) is 2. The molecular weight excluding hydrogens is 400 g/mol. The number of guanidine groups is 1. The molecule has 120 valence electrons. The third-order valence-corrected chi connectivity index (χ3v) is 3.62. The van der Waals surface area contributed by atoms with Gasteiger partial charge in [-0.15, -0.1) is 35.7 Å². The molecule has 0 saturated carbocycles. The summed E-state index contributed by atoms with van der Waals surface area (Å²) in [5, 5.41) is 6.30. The number of halogens is 2. The number of benzene rings is 1. The summed E-state index contributed by atoms with van der Waals surface area (Å²) in [5.41, 5.74) is 2.47. The predicted molar refractivity (Wildman–Crippen MR) is 102 cm³/mol. The molecule has 3 nitrogen and oxygen atoms in total. The SMILES string of the molecule is CCNC(=NCc1ccc(C)cc1SC)NCCCF.I. The number of rotatable bonds is 7. The summed E-state index contributed by atoms with van der Waals surface area (Å²) in [6, 6.07) is 6.41. The van der Waals surface area contributed by atoms with Crippen LogP contribution in [-0.4, -0.2) is 32.0 Å². The van der Waals surface area contributed by atoms with Crippen LogP contribution in [0.1, 0.15) is 24.5 Å². The molecule has 0 radical (unpaired) electrons. The predicted octanol–water partition coefficient (Wildman–Crippen LogP) is 3.75. The van der Waals surface area contributed by atoms with Crippen LogP contribution in [0.3, 0.4) is 0 Å². The summed E-state index contributed by atoms with van der Waals surface area (Å²) in [5.74, 6) is 0.744. The van der Waals surface area contributed by atoms with Crippen molar-refractivity contribution in [2.24, 2.45) is 4.99 Å². The molecule has 6 heteroatoms. The normalized spacial score (nSPS) is 11.0. The Bertz CT molecular complexity index is 441. The highest BCUT2D eigenvalue weighted by atomic mass is 127. The average Bonchev–Trinajstić information content (AvgIpc) is 2.45. The zero-order chi connectivity index (χ0) is 14.8. The van der Waals surface area contributed by atoms with Gasteiger partial charge in [0.1, 0.15) is 0 Å². The molecule has 21 heavy (non-hydrogen) atoms. The summed E-state index contributed by atoms with van der Waals surface area (Å²) in [6.45, 7) is 5.83. The first kappa shape index (κ1) is 20.5. The number of aryl methyl sites for hydroxylation is 1. The van der Waals surface area contributed by atoms with E-state index in [1.54, 1.807) is 11.8 Å². The second kappa shape index (κ2) is 12.1. The van der Waals surface area contributed by atoms with Crippen LogP contribution >= 0.6 is 35.7 Å². The van der Waals surface area contributed by atoms with Gasteiger partial charge in [-0.25, -0.2) is 4.99 Å². The Labute approximate surface area is 148 Å². The smallest absolute Gasteiger partial charge is 0.191 e. The van der Waals surface area contributed by atoms with Gasteiger partial charge in [-0.1, -0.05) is 12.1 Å². The van der Waals surface area contributed by atoms with Crippen LogP contribution in [0.2, 0.25) is 0 Å². The summed E-state index contributed by atoms with van der Waals surface area (Å²) in [6.07, 6.45) is 2.58. The second-order valence-corrected chi connectivity index (χ2v) is 5.33. The van der Waals surface area contributed by atoms with Gasteiger partial charge in [0, 0.05) is 18.0 Å². The lowest BCUT2D eigenvalue weighted by atomic mass is 10.1. The van der Waals surface area contributed by atoms with E-state index in [1.165, 1.54) is 16.0 Å². The maximum atomic E-state index is 12.1. The first-order chi connectivity index (χ1) is 9.71. The highest BCUT2D eigenvalue weighted by Gasteiger charge is 2.02. The van der Waals surface area contributed by atoms with Gasteiger partial charge in [-0.3, -0.25) is 4.39 Å². The molecule has 0 aliphatic carbocycles. The Morgan fingerprint density at radius 2 is 2.10 bits per heavy atom. The number of thioether (sulfide) groups is 1. The maximum absolute atomic E-state index is 12.1. The lowest BCUT2D eigenvalue weighted by Crippen LogP contribution is -2.37. The quantitative estimate of drug-likeness (QED) is 0.230. The van der Waals surface area contributed by atoms with Crippen molar-refractivity contribution in [1.82, 2.24) is 10.6 Å². The third kappa shape index (κ3) is 7.90. The lowest BCUT2D eigenvalue weighted by Gasteiger charge is -2.11. The number of alkyl halides is 1. The Hall–Kier alpha value is -0.500. The molecule has 0 atom stereocenters. The minimum absolute atomic E-state index is 0. The molecule has 0 saturated heterocycles. The van der Waals surface area contributed by atoms with Crippen molar-refractivity contribution >= 4 is 41.7 Å². The monoisotopic (exact) mass is 425 g/mol. The zero-order valence-electron chi connectivity index (χ0n) is 12.9. The molecule has 0 aliphatic rings. The van der Waals surface area contributed by atoms with Crippen LogP contribution < -0.4 is 10.6 Å². The van der Waals surface area contributed by atoms with E-state index < -0.39 is 0 Å². The van der Waals surface area contributed by atoms with E-state index in [1.807, 2.05) is 6.92 Å². The number of hydrogen-bond donors (Lipinski definition) is 2. The standard InChI is InChI=1S/C15H24FN3S.HI/c1-4-17-15(18-9-5-8-16)19-11-13-7-6-12(2)10-14(13)20-3;/h6-7,10H,4-5,8-9,11H2,1-3H3,(H2,17,18,19);1H. The molecule has 1 rings (SSSR count). The van der Waals surface area contributed by atoms with Crippen LogP contribution in [0.5, 0.6) is 0 Å². The van der Waals surface area contributed by atoms with Gasteiger partial charge in [0.25, 0.3) is 0 Å². The molecule has 2 N–H and O–H groups in total. The molecule has 0 aliphatic heterocycles. The fourth-order valence-electron chi connectivity index (χ4n) is 1.76. The number of nitrogens with one attached hydrogen (secondary N) is 2. The van der Waals surface area contributed by atoms with E-state index in [0.717, 1.165) is 12.5 Å². The molecule has 0 fully saturated rings. The summed E-state index contributed by atoms with van der Waals surface area (Å²) in [4.78, 5) is 5.81. The molecule has 0 spiro atoms. The van der Waals surface area contributed by atoms with E-state index in [-0.39, 0.29) is 30.7 Å². The van der Waals surface area contributed by atoms with Crippen molar-refractivity contribution in [1.29, 1.82) is 0 Å². The minimum atomic E-state index is -0.305. The van der Waals surface area contributed by atoms with Crippen molar-refractivity contribution in [3.8, 4) is 0 Å². The highest BCUT2D eigenvalue weighted by Crippen LogP contribution is 2.22. The minimum Gasteiger partial charge on any atom is -0.357 e. The molecule has 0 amide bonds. The Morgan fingerprint density at radius 1 is 1.33 bits per heavy atom.